The van der Waals surface area contributed by atoms with Crippen LogP contribution in [0.25, 0.3) is 0 Å². The molecule has 0 aliphatic heterocycles. The summed E-state index contributed by atoms with van der Waals surface area (Å²) in [5.74, 6) is 0.163. The van der Waals surface area contributed by atoms with E-state index in [-0.39, 0.29) is 24.5 Å². The smallest absolute Gasteiger partial charge is 0.244 e. The molecule has 0 bridgehead atoms. The van der Waals surface area contributed by atoms with Crippen LogP contribution in [0.2, 0.25) is 0 Å². The number of hydrogen-bond donors (Lipinski definition) is 2. The van der Waals surface area contributed by atoms with Crippen molar-refractivity contribution in [3.63, 3.8) is 0 Å². The molecule has 0 saturated heterocycles. The number of ether oxygens (including phenoxy) is 1. The molecule has 0 aliphatic carbocycles. The first-order valence-corrected chi connectivity index (χ1v) is 7.22. The molecular weight excluding hydrogens is 282 g/mol. The molecule has 22 heavy (non-hydrogen) atoms. The van der Waals surface area contributed by atoms with E-state index < -0.39 is 0 Å². The summed E-state index contributed by atoms with van der Waals surface area (Å²) >= 11 is 0. The van der Waals surface area contributed by atoms with Gasteiger partial charge in [-0.15, -0.1) is 0 Å². The number of carbonyl (C=O) groups is 1. The van der Waals surface area contributed by atoms with Crippen LogP contribution in [0.4, 0.5) is 0 Å². The molecular formula is C15H25N5O2. The molecule has 0 saturated carbocycles. The lowest BCUT2D eigenvalue weighted by Crippen LogP contribution is -2.41. The molecule has 1 amide bonds. The van der Waals surface area contributed by atoms with Gasteiger partial charge in [-0.25, -0.2) is 4.99 Å². The molecule has 1 rings (SSSR count). The monoisotopic (exact) mass is 307 g/mol. The molecule has 1 aromatic heterocycles. The number of methoxy groups -OCH3 is 1. The molecule has 7 nitrogen and oxygen atoms in total. The summed E-state index contributed by atoms with van der Waals surface area (Å²) in [4.78, 5) is 21.9. The number of aromatic nitrogens is 1. The van der Waals surface area contributed by atoms with Crippen molar-refractivity contribution in [1.82, 2.24) is 15.2 Å². The Labute approximate surface area is 131 Å². The fourth-order valence-electron chi connectivity index (χ4n) is 1.82. The summed E-state index contributed by atoms with van der Waals surface area (Å²) in [7, 11) is 3.36. The van der Waals surface area contributed by atoms with Crippen molar-refractivity contribution in [1.29, 1.82) is 0 Å². The number of aliphatic imine (C=N–C) groups is 1. The van der Waals surface area contributed by atoms with E-state index in [1.54, 1.807) is 25.3 Å². The highest BCUT2D eigenvalue weighted by Gasteiger charge is 2.09. The first-order valence-electron chi connectivity index (χ1n) is 7.22. The molecule has 1 heterocycles. The van der Waals surface area contributed by atoms with E-state index in [4.69, 9.17) is 10.5 Å². The predicted molar refractivity (Wildman–Crippen MR) is 86.5 cm³/mol. The van der Waals surface area contributed by atoms with Crippen LogP contribution >= 0.6 is 0 Å². The second kappa shape index (κ2) is 9.73. The van der Waals surface area contributed by atoms with Crippen molar-refractivity contribution in [2.24, 2.45) is 10.7 Å². The predicted octanol–water partition coefficient (Wildman–Crippen LogP) is 0.0217. The summed E-state index contributed by atoms with van der Waals surface area (Å²) in [6, 6.07) is 5.79. The number of pyridine rings is 1. The molecule has 1 aromatic rings. The number of rotatable bonds is 8. The van der Waals surface area contributed by atoms with Crippen LogP contribution in [0, 0.1) is 0 Å². The molecule has 0 aromatic carbocycles. The lowest BCUT2D eigenvalue weighted by atomic mass is 10.2. The zero-order valence-electron chi connectivity index (χ0n) is 13.5. The maximum absolute atomic E-state index is 12.0. The third-order valence-corrected chi connectivity index (χ3v) is 3.05. The van der Waals surface area contributed by atoms with Crippen molar-refractivity contribution in [3.8, 4) is 0 Å². The highest BCUT2D eigenvalue weighted by Crippen LogP contribution is 1.97. The maximum Gasteiger partial charge on any atom is 0.244 e. The Morgan fingerprint density at radius 1 is 1.55 bits per heavy atom. The SMILES string of the molecule is COCC(C)NC(N)=NCC(=O)N(C)CCc1ccccn1. The third kappa shape index (κ3) is 7.03. The van der Waals surface area contributed by atoms with E-state index in [0.717, 1.165) is 5.69 Å². The number of nitrogens with two attached hydrogens (primary N) is 1. The van der Waals surface area contributed by atoms with Crippen LogP contribution < -0.4 is 11.1 Å². The number of likely N-dealkylation sites (N-methyl/N-ethyl adjacent to an activating group) is 1. The quantitative estimate of drug-likeness (QED) is 0.522. The Kier molecular flexibility index (Phi) is 7.91. The Hall–Kier alpha value is -2.15. The number of amides is 1. The summed E-state index contributed by atoms with van der Waals surface area (Å²) in [5.41, 5.74) is 6.68. The minimum absolute atomic E-state index is 0.0251. The summed E-state index contributed by atoms with van der Waals surface area (Å²) in [6.07, 6.45) is 2.46. The number of hydrogen-bond acceptors (Lipinski definition) is 4. The highest BCUT2D eigenvalue weighted by atomic mass is 16.5. The van der Waals surface area contributed by atoms with Crippen LogP contribution in [-0.2, 0) is 16.0 Å². The molecule has 0 spiro atoms. The standard InChI is InChI=1S/C15H25N5O2/c1-12(11-22-3)19-15(16)18-10-14(21)20(2)9-7-13-6-4-5-8-17-13/h4-6,8,12H,7,9-11H2,1-3H3,(H3,16,18,19). The van der Waals surface area contributed by atoms with Gasteiger partial charge in [0, 0.05) is 45.1 Å². The van der Waals surface area contributed by atoms with Gasteiger partial charge in [-0.2, -0.15) is 0 Å². The zero-order valence-corrected chi connectivity index (χ0v) is 13.5. The van der Waals surface area contributed by atoms with Gasteiger partial charge in [0.05, 0.1) is 6.61 Å². The van der Waals surface area contributed by atoms with Gasteiger partial charge >= 0.3 is 0 Å². The van der Waals surface area contributed by atoms with Crippen LogP contribution in [0.3, 0.4) is 0 Å². The first kappa shape index (κ1) is 17.9. The summed E-state index contributed by atoms with van der Waals surface area (Å²) in [6.45, 7) is 3.07. The lowest BCUT2D eigenvalue weighted by Gasteiger charge is -2.16. The van der Waals surface area contributed by atoms with Crippen LogP contribution in [0.15, 0.2) is 29.4 Å². The molecule has 3 N–H and O–H groups in total. The van der Waals surface area contributed by atoms with Crippen LogP contribution in [0.1, 0.15) is 12.6 Å². The fourth-order valence-corrected chi connectivity index (χ4v) is 1.82. The normalized spacial score (nSPS) is 12.8. The minimum atomic E-state index is -0.0833. The molecule has 122 valence electrons. The topological polar surface area (TPSA) is 92.8 Å². The van der Waals surface area contributed by atoms with Gasteiger partial charge in [0.1, 0.15) is 6.54 Å². The Morgan fingerprint density at radius 2 is 2.32 bits per heavy atom. The van der Waals surface area contributed by atoms with Crippen LogP contribution in [0.5, 0.6) is 0 Å². The summed E-state index contributed by atoms with van der Waals surface area (Å²) in [5, 5.41) is 2.95. The highest BCUT2D eigenvalue weighted by molar-refractivity contribution is 5.84. The Balaban J connectivity index is 2.34. The Morgan fingerprint density at radius 3 is 2.95 bits per heavy atom. The van der Waals surface area contributed by atoms with Crippen molar-refractivity contribution < 1.29 is 9.53 Å². The van der Waals surface area contributed by atoms with Gasteiger partial charge in [0.2, 0.25) is 5.91 Å². The molecule has 1 atom stereocenters. The van der Waals surface area contributed by atoms with Crippen molar-refractivity contribution in [2.75, 3.05) is 33.9 Å². The van der Waals surface area contributed by atoms with E-state index >= 15 is 0 Å². The number of carbonyl (C=O) groups excluding carboxylic acids is 1. The average molecular weight is 307 g/mol. The third-order valence-electron chi connectivity index (χ3n) is 3.05. The second-order valence-electron chi connectivity index (χ2n) is 5.09. The van der Waals surface area contributed by atoms with Gasteiger partial charge in [-0.05, 0) is 19.1 Å². The fraction of sp³-hybridized carbons (Fsp3) is 0.533. The van der Waals surface area contributed by atoms with Gasteiger partial charge in [-0.1, -0.05) is 6.07 Å². The number of nitrogens with one attached hydrogen (secondary N) is 1. The molecule has 0 fully saturated rings. The van der Waals surface area contributed by atoms with Gasteiger partial charge in [-0.3, -0.25) is 9.78 Å². The average Bonchev–Trinajstić information content (AvgIpc) is 2.51. The molecule has 0 aliphatic rings. The zero-order chi connectivity index (χ0) is 16.4. The molecule has 1 unspecified atom stereocenters. The summed E-state index contributed by atoms with van der Waals surface area (Å²) < 4.78 is 4.99. The first-order chi connectivity index (χ1) is 10.5. The second-order valence-corrected chi connectivity index (χ2v) is 5.09. The van der Waals surface area contributed by atoms with E-state index in [0.29, 0.717) is 19.6 Å². The van der Waals surface area contributed by atoms with E-state index in [2.05, 4.69) is 15.3 Å². The minimum Gasteiger partial charge on any atom is -0.383 e. The number of guanidine groups is 1. The van der Waals surface area contributed by atoms with Crippen molar-refractivity contribution in [2.45, 2.75) is 19.4 Å². The van der Waals surface area contributed by atoms with Gasteiger partial charge < -0.3 is 20.7 Å². The molecule has 7 heteroatoms. The van der Waals surface area contributed by atoms with E-state index in [1.807, 2.05) is 25.1 Å². The van der Waals surface area contributed by atoms with E-state index in [9.17, 15) is 4.79 Å². The van der Waals surface area contributed by atoms with Crippen LogP contribution in [-0.4, -0.2) is 61.6 Å². The largest absolute Gasteiger partial charge is 0.383 e. The molecule has 0 radical (unpaired) electrons. The van der Waals surface area contributed by atoms with Gasteiger partial charge in [0.25, 0.3) is 0 Å². The van der Waals surface area contributed by atoms with Crippen molar-refractivity contribution in [3.05, 3.63) is 30.1 Å². The Bertz CT molecular complexity index is 478. The van der Waals surface area contributed by atoms with Gasteiger partial charge in [0.15, 0.2) is 5.96 Å². The lowest BCUT2D eigenvalue weighted by molar-refractivity contribution is -0.128. The number of nitrogens with zero attached hydrogens (tertiary/aromatic N) is 3. The van der Waals surface area contributed by atoms with Crippen molar-refractivity contribution >= 4 is 11.9 Å². The van der Waals surface area contributed by atoms with E-state index in [1.165, 1.54) is 0 Å². The maximum atomic E-state index is 12.0.